The van der Waals surface area contributed by atoms with Crippen LogP contribution in [0.3, 0.4) is 0 Å². The van der Waals surface area contributed by atoms with Crippen LogP contribution in [0.1, 0.15) is 18.4 Å². The van der Waals surface area contributed by atoms with E-state index in [2.05, 4.69) is 6.07 Å². The van der Waals surface area contributed by atoms with Crippen molar-refractivity contribution < 1.29 is 4.74 Å². The highest BCUT2D eigenvalue weighted by molar-refractivity contribution is 5.46. The summed E-state index contributed by atoms with van der Waals surface area (Å²) in [5.74, 6) is 0. The summed E-state index contributed by atoms with van der Waals surface area (Å²) in [5.41, 5.74) is 7.95. The van der Waals surface area contributed by atoms with Crippen molar-refractivity contribution in [3.8, 4) is 0 Å². The SMILES string of the molecule is Nc1ccccc1CC1CCCO1. The molecule has 1 aliphatic heterocycles. The van der Waals surface area contributed by atoms with Gasteiger partial charge in [0, 0.05) is 18.7 Å². The molecule has 0 saturated carbocycles. The molecule has 0 aliphatic carbocycles. The second kappa shape index (κ2) is 3.79. The molecular formula is C11H15NO. The normalized spacial score (nSPS) is 22.0. The summed E-state index contributed by atoms with van der Waals surface area (Å²) in [6, 6.07) is 8.02. The molecule has 2 rings (SSSR count). The summed E-state index contributed by atoms with van der Waals surface area (Å²) in [7, 11) is 0. The number of rotatable bonds is 2. The first-order valence-electron chi connectivity index (χ1n) is 4.81. The molecule has 13 heavy (non-hydrogen) atoms. The van der Waals surface area contributed by atoms with Crippen molar-refractivity contribution in [1.82, 2.24) is 0 Å². The highest BCUT2D eigenvalue weighted by atomic mass is 16.5. The van der Waals surface area contributed by atoms with Crippen LogP contribution < -0.4 is 5.73 Å². The van der Waals surface area contributed by atoms with Crippen LogP contribution in [-0.2, 0) is 11.2 Å². The zero-order valence-electron chi connectivity index (χ0n) is 7.70. The van der Waals surface area contributed by atoms with Crippen LogP contribution in [0.5, 0.6) is 0 Å². The minimum Gasteiger partial charge on any atom is -0.399 e. The number of hydrogen-bond donors (Lipinski definition) is 1. The van der Waals surface area contributed by atoms with Crippen LogP contribution in [0.25, 0.3) is 0 Å². The number of hydrogen-bond acceptors (Lipinski definition) is 2. The Labute approximate surface area is 78.7 Å². The van der Waals surface area contributed by atoms with Crippen molar-refractivity contribution in [3.63, 3.8) is 0 Å². The van der Waals surface area contributed by atoms with Gasteiger partial charge in [0.25, 0.3) is 0 Å². The predicted molar refractivity (Wildman–Crippen MR) is 53.5 cm³/mol. The quantitative estimate of drug-likeness (QED) is 0.701. The van der Waals surface area contributed by atoms with E-state index in [4.69, 9.17) is 10.5 Å². The third-order valence-electron chi connectivity index (χ3n) is 2.53. The van der Waals surface area contributed by atoms with Gasteiger partial charge in [-0.1, -0.05) is 18.2 Å². The van der Waals surface area contributed by atoms with Crippen LogP contribution in [0, 0.1) is 0 Å². The number of nitrogen functional groups attached to an aromatic ring is 1. The van der Waals surface area contributed by atoms with Crippen LogP contribution >= 0.6 is 0 Å². The summed E-state index contributed by atoms with van der Waals surface area (Å²) in [5, 5.41) is 0. The zero-order chi connectivity index (χ0) is 9.10. The number of ether oxygens (including phenoxy) is 1. The largest absolute Gasteiger partial charge is 0.399 e. The summed E-state index contributed by atoms with van der Waals surface area (Å²) in [6.07, 6.45) is 3.72. The second-order valence-corrected chi connectivity index (χ2v) is 3.54. The lowest BCUT2D eigenvalue weighted by Crippen LogP contribution is -2.10. The minimum atomic E-state index is 0.393. The van der Waals surface area contributed by atoms with E-state index < -0.39 is 0 Å². The van der Waals surface area contributed by atoms with Gasteiger partial charge in [-0.15, -0.1) is 0 Å². The van der Waals surface area contributed by atoms with Crippen molar-refractivity contribution in [2.45, 2.75) is 25.4 Å². The average Bonchev–Trinajstić information content (AvgIpc) is 2.61. The molecule has 1 heterocycles. The van der Waals surface area contributed by atoms with Gasteiger partial charge in [-0.3, -0.25) is 0 Å². The van der Waals surface area contributed by atoms with Crippen molar-refractivity contribution in [2.75, 3.05) is 12.3 Å². The van der Waals surface area contributed by atoms with Gasteiger partial charge in [0.2, 0.25) is 0 Å². The summed E-state index contributed by atoms with van der Waals surface area (Å²) in [6.45, 7) is 0.914. The minimum absolute atomic E-state index is 0.393. The zero-order valence-corrected chi connectivity index (χ0v) is 7.70. The molecule has 1 aromatic rings. The van der Waals surface area contributed by atoms with E-state index in [0.717, 1.165) is 18.7 Å². The van der Waals surface area contributed by atoms with Gasteiger partial charge in [-0.05, 0) is 24.5 Å². The van der Waals surface area contributed by atoms with Gasteiger partial charge < -0.3 is 10.5 Å². The standard InChI is InChI=1S/C11H15NO/c12-11-6-2-1-4-9(11)8-10-5-3-7-13-10/h1-2,4,6,10H,3,5,7-8,12H2. The topological polar surface area (TPSA) is 35.2 Å². The lowest BCUT2D eigenvalue weighted by Gasteiger charge is -2.10. The molecule has 1 saturated heterocycles. The summed E-state index contributed by atoms with van der Waals surface area (Å²) in [4.78, 5) is 0. The summed E-state index contributed by atoms with van der Waals surface area (Å²) >= 11 is 0. The Morgan fingerprint density at radius 1 is 1.38 bits per heavy atom. The van der Waals surface area contributed by atoms with E-state index in [1.807, 2.05) is 18.2 Å². The molecule has 0 bridgehead atoms. The van der Waals surface area contributed by atoms with E-state index >= 15 is 0 Å². The lowest BCUT2D eigenvalue weighted by molar-refractivity contribution is 0.111. The number of nitrogens with two attached hydrogens (primary N) is 1. The molecule has 2 heteroatoms. The Hall–Kier alpha value is -1.02. The second-order valence-electron chi connectivity index (χ2n) is 3.54. The van der Waals surface area contributed by atoms with E-state index in [0.29, 0.717) is 6.10 Å². The third kappa shape index (κ3) is 2.01. The maximum absolute atomic E-state index is 5.84. The highest BCUT2D eigenvalue weighted by Crippen LogP contribution is 2.20. The Balaban J connectivity index is 2.04. The molecule has 1 fully saturated rings. The van der Waals surface area contributed by atoms with Gasteiger partial charge in [-0.2, -0.15) is 0 Å². The molecule has 2 N–H and O–H groups in total. The Morgan fingerprint density at radius 3 is 2.92 bits per heavy atom. The molecule has 0 aromatic heterocycles. The maximum atomic E-state index is 5.84. The molecule has 0 spiro atoms. The first-order valence-corrected chi connectivity index (χ1v) is 4.81. The molecular weight excluding hydrogens is 162 g/mol. The van der Waals surface area contributed by atoms with Crippen LogP contribution in [0.4, 0.5) is 5.69 Å². The molecule has 0 amide bonds. The van der Waals surface area contributed by atoms with Gasteiger partial charge >= 0.3 is 0 Å². The fourth-order valence-electron chi connectivity index (χ4n) is 1.77. The van der Waals surface area contributed by atoms with E-state index in [9.17, 15) is 0 Å². The number of anilines is 1. The lowest BCUT2D eigenvalue weighted by atomic mass is 10.0. The van der Waals surface area contributed by atoms with Crippen molar-refractivity contribution >= 4 is 5.69 Å². The van der Waals surface area contributed by atoms with Gasteiger partial charge in [0.1, 0.15) is 0 Å². The first kappa shape index (κ1) is 8.57. The van der Waals surface area contributed by atoms with Crippen LogP contribution in [0.15, 0.2) is 24.3 Å². The number of benzene rings is 1. The van der Waals surface area contributed by atoms with Crippen molar-refractivity contribution in [3.05, 3.63) is 29.8 Å². The predicted octanol–water partition coefficient (Wildman–Crippen LogP) is 1.99. The smallest absolute Gasteiger partial charge is 0.0617 e. The molecule has 0 radical (unpaired) electrons. The van der Waals surface area contributed by atoms with Crippen molar-refractivity contribution in [2.24, 2.45) is 0 Å². The van der Waals surface area contributed by atoms with Gasteiger partial charge in [0.05, 0.1) is 6.10 Å². The molecule has 1 aliphatic rings. The van der Waals surface area contributed by atoms with Crippen LogP contribution in [0.2, 0.25) is 0 Å². The highest BCUT2D eigenvalue weighted by Gasteiger charge is 2.16. The molecule has 2 nitrogen and oxygen atoms in total. The van der Waals surface area contributed by atoms with Gasteiger partial charge in [-0.25, -0.2) is 0 Å². The fourth-order valence-corrected chi connectivity index (χ4v) is 1.77. The van der Waals surface area contributed by atoms with E-state index in [1.54, 1.807) is 0 Å². The number of para-hydroxylation sites is 1. The van der Waals surface area contributed by atoms with Crippen molar-refractivity contribution in [1.29, 1.82) is 0 Å². The Bertz CT molecular complexity index is 279. The molecule has 1 atom stereocenters. The Morgan fingerprint density at radius 2 is 2.23 bits per heavy atom. The monoisotopic (exact) mass is 177 g/mol. The van der Waals surface area contributed by atoms with E-state index in [-0.39, 0.29) is 0 Å². The van der Waals surface area contributed by atoms with Gasteiger partial charge in [0.15, 0.2) is 0 Å². The van der Waals surface area contributed by atoms with Crippen LogP contribution in [-0.4, -0.2) is 12.7 Å². The first-order chi connectivity index (χ1) is 6.36. The average molecular weight is 177 g/mol. The fraction of sp³-hybridized carbons (Fsp3) is 0.455. The van der Waals surface area contributed by atoms with E-state index in [1.165, 1.54) is 18.4 Å². The maximum Gasteiger partial charge on any atom is 0.0617 e. The molecule has 1 unspecified atom stereocenters. The third-order valence-corrected chi connectivity index (χ3v) is 2.53. The summed E-state index contributed by atoms with van der Waals surface area (Å²) < 4.78 is 5.56. The molecule has 1 aromatic carbocycles. The molecule has 70 valence electrons. The Kier molecular flexibility index (Phi) is 2.50.